The molecule has 0 radical (unpaired) electrons. The van der Waals surface area contributed by atoms with Crippen LogP contribution in [0.3, 0.4) is 0 Å². The third kappa shape index (κ3) is 6.66. The second-order valence-electron chi connectivity index (χ2n) is 8.28. The molecular formula is C27H23ClN4O6S2. The van der Waals surface area contributed by atoms with Crippen LogP contribution in [0.15, 0.2) is 107 Å². The molecule has 0 fully saturated rings. The van der Waals surface area contributed by atoms with E-state index >= 15 is 0 Å². The number of primary sulfonamides is 1. The molecule has 4 aromatic carbocycles. The van der Waals surface area contributed by atoms with Gasteiger partial charge in [-0.25, -0.2) is 26.7 Å². The molecule has 0 aliphatic heterocycles. The van der Waals surface area contributed by atoms with Crippen LogP contribution >= 0.6 is 11.6 Å². The minimum Gasteiger partial charge on any atom is -0.497 e. The van der Waals surface area contributed by atoms with Gasteiger partial charge in [0.25, 0.3) is 15.9 Å². The molecule has 40 heavy (non-hydrogen) atoms. The first-order valence-corrected chi connectivity index (χ1v) is 14.9. The molecule has 0 spiro atoms. The maximum Gasteiger partial charge on any atom is 0.286 e. The lowest BCUT2D eigenvalue weighted by Gasteiger charge is -2.08. The van der Waals surface area contributed by atoms with Gasteiger partial charge in [-0.05, 0) is 54.1 Å². The second-order valence-corrected chi connectivity index (χ2v) is 11.9. The molecule has 206 valence electrons. The molecule has 1 heterocycles. The number of H-pyrrole nitrogens is 1. The number of fused-ring (bicyclic) bond motifs is 1. The summed E-state index contributed by atoms with van der Waals surface area (Å²) in [5, 5.41) is 12.5. The fourth-order valence-corrected chi connectivity index (χ4v) is 5.43. The first-order chi connectivity index (χ1) is 19.0. The van der Waals surface area contributed by atoms with Gasteiger partial charge in [0.2, 0.25) is 10.0 Å². The highest BCUT2D eigenvalue weighted by atomic mass is 35.5. The van der Waals surface area contributed by atoms with Crippen LogP contribution in [0.5, 0.6) is 5.75 Å². The van der Waals surface area contributed by atoms with Crippen LogP contribution in [0, 0.1) is 0 Å². The lowest BCUT2D eigenvalue weighted by atomic mass is 10.0. The Morgan fingerprint density at radius 2 is 1.45 bits per heavy atom. The molecule has 0 saturated heterocycles. The van der Waals surface area contributed by atoms with Gasteiger partial charge in [0.05, 0.1) is 27.4 Å². The number of nitrogens with two attached hydrogens (primary N) is 1. The third-order valence-corrected chi connectivity index (χ3v) is 8.21. The zero-order chi connectivity index (χ0) is 28.9. The summed E-state index contributed by atoms with van der Waals surface area (Å²) in [5.41, 5.74) is 1.95. The van der Waals surface area contributed by atoms with Crippen LogP contribution in [0.1, 0.15) is 10.5 Å². The molecule has 10 nitrogen and oxygen atoms in total. The van der Waals surface area contributed by atoms with E-state index < -0.39 is 26.0 Å². The Kier molecular flexibility index (Phi) is 8.55. The molecule has 1 amide bonds. The molecule has 0 aliphatic rings. The number of ether oxygens (including phenoxy) is 1. The molecule has 0 atom stereocenters. The van der Waals surface area contributed by atoms with E-state index in [2.05, 4.69) is 14.9 Å². The Hall–Kier alpha value is -4.23. The normalized spacial score (nSPS) is 11.4. The van der Waals surface area contributed by atoms with Gasteiger partial charge >= 0.3 is 0 Å². The van der Waals surface area contributed by atoms with Crippen molar-refractivity contribution in [3.8, 4) is 16.9 Å². The molecule has 4 N–H and O–H groups in total. The highest BCUT2D eigenvalue weighted by molar-refractivity contribution is 7.90. The Bertz CT molecular complexity index is 1860. The maximum absolute atomic E-state index is 12.7. The summed E-state index contributed by atoms with van der Waals surface area (Å²) in [6.45, 7) is 0. The Morgan fingerprint density at radius 3 is 1.98 bits per heavy atom. The lowest BCUT2D eigenvalue weighted by Crippen LogP contribution is -2.30. The summed E-state index contributed by atoms with van der Waals surface area (Å²) < 4.78 is 53.4. The van der Waals surface area contributed by atoms with E-state index in [1.807, 2.05) is 12.1 Å². The standard InChI is InChI=1S/C21H16ClN3O4S.C6H7NO2S/c1-29-14-9-7-13(8-10-14)16-11-17-19(12-18(16)22)23-24-20(17)21(26)25-30(27,28)15-5-3-2-4-6-15;7-10(8,9)6-4-2-1-3-5-6/h2-12H,1H3,(H,23,24)(H,25,26);1-5H,(H2,7,8,9). The van der Waals surface area contributed by atoms with E-state index in [4.69, 9.17) is 21.5 Å². The van der Waals surface area contributed by atoms with Gasteiger partial charge in [0, 0.05) is 10.9 Å². The predicted octanol–water partition coefficient (Wildman–Crippen LogP) is 4.34. The van der Waals surface area contributed by atoms with Crippen LogP contribution in [0.2, 0.25) is 5.02 Å². The minimum atomic E-state index is -4.03. The molecule has 0 aliphatic carbocycles. The molecule has 0 saturated carbocycles. The molecule has 5 aromatic rings. The second kappa shape index (κ2) is 11.9. The van der Waals surface area contributed by atoms with E-state index in [0.29, 0.717) is 27.2 Å². The largest absolute Gasteiger partial charge is 0.497 e. The number of hydrogen-bond donors (Lipinski definition) is 3. The smallest absolute Gasteiger partial charge is 0.286 e. The molecule has 0 bridgehead atoms. The van der Waals surface area contributed by atoms with E-state index in [0.717, 1.165) is 5.56 Å². The average Bonchev–Trinajstić information content (AvgIpc) is 3.36. The van der Waals surface area contributed by atoms with Crippen LogP contribution in [0.4, 0.5) is 0 Å². The number of carbonyl (C=O) groups excluding carboxylic acids is 1. The molecule has 1 aromatic heterocycles. The van der Waals surface area contributed by atoms with Crippen molar-refractivity contribution in [1.29, 1.82) is 0 Å². The summed E-state index contributed by atoms with van der Waals surface area (Å²) in [7, 11) is -5.95. The highest BCUT2D eigenvalue weighted by Gasteiger charge is 2.23. The fourth-order valence-electron chi connectivity index (χ4n) is 3.64. The molecular weight excluding hydrogens is 576 g/mol. The maximum atomic E-state index is 12.7. The number of rotatable bonds is 6. The van der Waals surface area contributed by atoms with Crippen molar-refractivity contribution in [2.24, 2.45) is 5.14 Å². The zero-order valence-corrected chi connectivity index (χ0v) is 23.3. The Balaban J connectivity index is 0.000000312. The van der Waals surface area contributed by atoms with Gasteiger partial charge in [-0.2, -0.15) is 5.10 Å². The fraction of sp³-hybridized carbons (Fsp3) is 0.0370. The van der Waals surface area contributed by atoms with Crippen LogP contribution in [-0.2, 0) is 20.0 Å². The Morgan fingerprint density at radius 1 is 0.875 bits per heavy atom. The number of methoxy groups -OCH3 is 1. The zero-order valence-electron chi connectivity index (χ0n) is 20.9. The van der Waals surface area contributed by atoms with Crippen molar-refractivity contribution >= 4 is 48.5 Å². The molecule has 5 rings (SSSR count). The molecule has 13 heteroatoms. The topological polar surface area (TPSA) is 161 Å². The third-order valence-electron chi connectivity index (χ3n) is 5.62. The van der Waals surface area contributed by atoms with Gasteiger partial charge < -0.3 is 4.74 Å². The highest BCUT2D eigenvalue weighted by Crippen LogP contribution is 2.33. The number of benzene rings is 4. The number of amides is 1. The summed E-state index contributed by atoms with van der Waals surface area (Å²) in [4.78, 5) is 12.8. The number of aromatic nitrogens is 2. The summed E-state index contributed by atoms with van der Waals surface area (Å²) in [5.74, 6) is -0.140. The number of nitrogens with one attached hydrogen (secondary N) is 2. The first kappa shape index (κ1) is 28.8. The summed E-state index contributed by atoms with van der Waals surface area (Å²) >= 11 is 6.41. The number of aromatic amines is 1. The van der Waals surface area contributed by atoms with Gasteiger partial charge in [0.15, 0.2) is 5.69 Å². The van der Waals surface area contributed by atoms with Gasteiger partial charge in [-0.3, -0.25) is 9.89 Å². The van der Waals surface area contributed by atoms with E-state index in [-0.39, 0.29) is 15.5 Å². The lowest BCUT2D eigenvalue weighted by molar-refractivity contribution is 0.0978. The summed E-state index contributed by atoms with van der Waals surface area (Å²) in [6, 6.07) is 26.1. The van der Waals surface area contributed by atoms with Gasteiger partial charge in [-0.15, -0.1) is 0 Å². The van der Waals surface area contributed by atoms with Crippen LogP contribution in [-0.4, -0.2) is 40.0 Å². The predicted molar refractivity (Wildman–Crippen MR) is 152 cm³/mol. The van der Waals surface area contributed by atoms with Gasteiger partial charge in [0.1, 0.15) is 5.75 Å². The first-order valence-electron chi connectivity index (χ1n) is 11.5. The summed E-state index contributed by atoms with van der Waals surface area (Å²) in [6.07, 6.45) is 0. The average molecular weight is 599 g/mol. The van der Waals surface area contributed by atoms with Crippen molar-refractivity contribution in [2.75, 3.05) is 7.11 Å². The van der Waals surface area contributed by atoms with Crippen molar-refractivity contribution in [2.45, 2.75) is 9.79 Å². The van der Waals surface area contributed by atoms with E-state index in [9.17, 15) is 21.6 Å². The van der Waals surface area contributed by atoms with Crippen molar-refractivity contribution in [1.82, 2.24) is 14.9 Å². The van der Waals surface area contributed by atoms with E-state index in [1.165, 1.54) is 24.3 Å². The van der Waals surface area contributed by atoms with Crippen LogP contribution in [0.25, 0.3) is 22.0 Å². The Labute approximate surface area is 235 Å². The number of halogens is 1. The minimum absolute atomic E-state index is 0.0137. The van der Waals surface area contributed by atoms with Crippen LogP contribution < -0.4 is 14.6 Å². The number of hydrogen-bond acceptors (Lipinski definition) is 7. The number of nitrogens with zero attached hydrogens (tertiary/aromatic N) is 1. The quantitative estimate of drug-likeness (QED) is 0.262. The van der Waals surface area contributed by atoms with Crippen molar-refractivity contribution < 1.29 is 26.4 Å². The van der Waals surface area contributed by atoms with E-state index in [1.54, 1.807) is 67.8 Å². The van der Waals surface area contributed by atoms with Crippen molar-refractivity contribution in [3.63, 3.8) is 0 Å². The number of carbonyl (C=O) groups is 1. The molecule has 0 unspecified atom stereocenters. The monoisotopic (exact) mass is 598 g/mol. The SMILES string of the molecule is COc1ccc(-c2cc3c(C(=O)NS(=O)(=O)c4ccccc4)n[nH]c3cc2Cl)cc1.NS(=O)(=O)c1ccccc1. The van der Waals surface area contributed by atoms with Gasteiger partial charge in [-0.1, -0.05) is 60.1 Å². The van der Waals surface area contributed by atoms with Crippen molar-refractivity contribution in [3.05, 3.63) is 108 Å². The number of sulfonamides is 2.